The Morgan fingerprint density at radius 1 is 1.43 bits per heavy atom. The molecule has 1 rings (SSSR count). The standard InChI is InChI=1S/C16H29N3O2/c1-8-13-11(3)14(18-21-13)15(20)17-10-16(5,6)12(4)19(7)9-2/h12H,8-10H2,1-7H3,(H,17,20). The van der Waals surface area contributed by atoms with E-state index < -0.39 is 0 Å². The Kier molecular flexibility index (Phi) is 5.96. The van der Waals surface area contributed by atoms with Crippen LogP contribution < -0.4 is 5.32 Å². The van der Waals surface area contributed by atoms with Crippen molar-refractivity contribution in [3.05, 3.63) is 17.0 Å². The van der Waals surface area contributed by atoms with Crippen molar-refractivity contribution in [3.63, 3.8) is 0 Å². The Morgan fingerprint density at radius 3 is 2.52 bits per heavy atom. The minimum atomic E-state index is -0.157. The number of carbonyl (C=O) groups excluding carboxylic acids is 1. The third kappa shape index (κ3) is 4.06. The van der Waals surface area contributed by atoms with Crippen LogP contribution in [0, 0.1) is 12.3 Å². The van der Waals surface area contributed by atoms with E-state index >= 15 is 0 Å². The van der Waals surface area contributed by atoms with Crippen molar-refractivity contribution in [2.75, 3.05) is 20.1 Å². The zero-order valence-corrected chi connectivity index (χ0v) is 14.4. The van der Waals surface area contributed by atoms with Crippen LogP contribution >= 0.6 is 0 Å². The molecule has 0 aromatic carbocycles. The fraction of sp³-hybridized carbons (Fsp3) is 0.750. The topological polar surface area (TPSA) is 58.4 Å². The molecule has 0 spiro atoms. The van der Waals surface area contributed by atoms with Crippen LogP contribution in [0.2, 0.25) is 0 Å². The van der Waals surface area contributed by atoms with Gasteiger partial charge in [-0.15, -0.1) is 0 Å². The van der Waals surface area contributed by atoms with Gasteiger partial charge in [0.05, 0.1) is 0 Å². The highest BCUT2D eigenvalue weighted by Gasteiger charge is 2.29. The van der Waals surface area contributed by atoms with Gasteiger partial charge in [0.25, 0.3) is 5.91 Å². The van der Waals surface area contributed by atoms with E-state index in [4.69, 9.17) is 4.52 Å². The molecular formula is C16H29N3O2. The maximum absolute atomic E-state index is 12.3. The summed E-state index contributed by atoms with van der Waals surface area (Å²) >= 11 is 0. The minimum absolute atomic E-state index is 0.0222. The van der Waals surface area contributed by atoms with Gasteiger partial charge in [0.1, 0.15) is 5.76 Å². The van der Waals surface area contributed by atoms with Crippen LogP contribution in [-0.2, 0) is 6.42 Å². The van der Waals surface area contributed by atoms with E-state index in [1.54, 1.807) is 0 Å². The van der Waals surface area contributed by atoms with E-state index in [2.05, 4.69) is 50.1 Å². The summed E-state index contributed by atoms with van der Waals surface area (Å²) < 4.78 is 5.18. The molecule has 1 N–H and O–H groups in total. The second-order valence-electron chi connectivity index (χ2n) is 6.35. The van der Waals surface area contributed by atoms with Gasteiger partial charge in [0.15, 0.2) is 5.69 Å². The molecule has 0 bridgehead atoms. The number of hydrogen-bond donors (Lipinski definition) is 1. The molecule has 0 aliphatic heterocycles. The number of nitrogens with zero attached hydrogens (tertiary/aromatic N) is 2. The fourth-order valence-corrected chi connectivity index (χ4v) is 2.32. The SMILES string of the molecule is CCc1onc(C(=O)NCC(C)(C)C(C)N(C)CC)c1C. The number of carbonyl (C=O) groups is 1. The van der Waals surface area contributed by atoms with E-state index in [1.165, 1.54) is 0 Å². The third-order valence-electron chi connectivity index (χ3n) is 4.55. The summed E-state index contributed by atoms with van der Waals surface area (Å²) in [5, 5.41) is 6.88. The van der Waals surface area contributed by atoms with Crippen LogP contribution in [0.5, 0.6) is 0 Å². The molecule has 1 atom stereocenters. The number of rotatable bonds is 7. The van der Waals surface area contributed by atoms with E-state index in [9.17, 15) is 4.79 Å². The van der Waals surface area contributed by atoms with Crippen molar-refractivity contribution in [2.24, 2.45) is 5.41 Å². The Bertz CT molecular complexity index is 480. The highest BCUT2D eigenvalue weighted by Crippen LogP contribution is 2.23. The first kappa shape index (κ1) is 17.7. The number of amides is 1. The first-order chi connectivity index (χ1) is 9.74. The van der Waals surface area contributed by atoms with Gasteiger partial charge in [-0.2, -0.15) is 0 Å². The van der Waals surface area contributed by atoms with Crippen LogP contribution in [0.15, 0.2) is 4.52 Å². The van der Waals surface area contributed by atoms with Gasteiger partial charge in [0.2, 0.25) is 0 Å². The summed E-state index contributed by atoms with van der Waals surface area (Å²) in [4.78, 5) is 14.5. The molecule has 1 amide bonds. The molecule has 21 heavy (non-hydrogen) atoms. The third-order valence-corrected chi connectivity index (χ3v) is 4.55. The average molecular weight is 295 g/mol. The molecular weight excluding hydrogens is 266 g/mol. The van der Waals surface area contributed by atoms with Crippen LogP contribution in [0.1, 0.15) is 56.4 Å². The second-order valence-corrected chi connectivity index (χ2v) is 6.35. The largest absolute Gasteiger partial charge is 0.360 e. The molecule has 1 aromatic heterocycles. The Hall–Kier alpha value is -1.36. The first-order valence-corrected chi connectivity index (χ1v) is 7.68. The number of hydrogen-bond acceptors (Lipinski definition) is 4. The van der Waals surface area contributed by atoms with Crippen molar-refractivity contribution < 1.29 is 9.32 Å². The van der Waals surface area contributed by atoms with Crippen LogP contribution in [0.4, 0.5) is 0 Å². The van der Waals surface area contributed by atoms with E-state index in [0.29, 0.717) is 18.3 Å². The fourth-order valence-electron chi connectivity index (χ4n) is 2.32. The highest BCUT2D eigenvalue weighted by molar-refractivity contribution is 5.93. The van der Waals surface area contributed by atoms with Gasteiger partial charge < -0.3 is 14.7 Å². The molecule has 0 radical (unpaired) electrons. The predicted octanol–water partition coefficient (Wildman–Crippen LogP) is 2.64. The zero-order chi connectivity index (χ0) is 16.2. The molecule has 0 aliphatic carbocycles. The Labute approximate surface area is 128 Å². The first-order valence-electron chi connectivity index (χ1n) is 7.68. The van der Waals surface area contributed by atoms with Gasteiger partial charge in [-0.1, -0.05) is 32.9 Å². The van der Waals surface area contributed by atoms with Crippen LogP contribution in [-0.4, -0.2) is 42.1 Å². The lowest BCUT2D eigenvalue weighted by Crippen LogP contribution is -2.47. The van der Waals surface area contributed by atoms with Crippen molar-refractivity contribution in [2.45, 2.75) is 54.0 Å². The molecule has 1 heterocycles. The van der Waals surface area contributed by atoms with E-state index in [1.807, 2.05) is 13.8 Å². The molecule has 120 valence electrons. The zero-order valence-electron chi connectivity index (χ0n) is 14.4. The predicted molar refractivity (Wildman–Crippen MR) is 84.5 cm³/mol. The number of aromatic nitrogens is 1. The van der Waals surface area contributed by atoms with Crippen LogP contribution in [0.25, 0.3) is 0 Å². The van der Waals surface area contributed by atoms with Gasteiger partial charge in [-0.3, -0.25) is 4.79 Å². The van der Waals surface area contributed by atoms with Crippen LogP contribution in [0.3, 0.4) is 0 Å². The lowest BCUT2D eigenvalue weighted by molar-refractivity contribution is 0.0876. The summed E-state index contributed by atoms with van der Waals surface area (Å²) in [6.45, 7) is 14.1. The van der Waals surface area contributed by atoms with E-state index in [-0.39, 0.29) is 11.3 Å². The van der Waals surface area contributed by atoms with E-state index in [0.717, 1.165) is 24.3 Å². The van der Waals surface area contributed by atoms with Gasteiger partial charge >= 0.3 is 0 Å². The van der Waals surface area contributed by atoms with Gasteiger partial charge in [0, 0.05) is 24.6 Å². The molecule has 0 fully saturated rings. The number of nitrogens with one attached hydrogen (secondary N) is 1. The quantitative estimate of drug-likeness (QED) is 0.840. The molecule has 0 saturated carbocycles. The second kappa shape index (κ2) is 7.07. The monoisotopic (exact) mass is 295 g/mol. The molecule has 1 aromatic rings. The maximum Gasteiger partial charge on any atom is 0.273 e. The number of aryl methyl sites for hydroxylation is 1. The summed E-state index contributed by atoms with van der Waals surface area (Å²) in [7, 11) is 2.10. The van der Waals surface area contributed by atoms with Crippen molar-refractivity contribution in [1.82, 2.24) is 15.4 Å². The summed E-state index contributed by atoms with van der Waals surface area (Å²) in [5.41, 5.74) is 1.22. The Morgan fingerprint density at radius 2 is 2.05 bits per heavy atom. The summed E-state index contributed by atoms with van der Waals surface area (Å²) in [6.07, 6.45) is 0.746. The smallest absolute Gasteiger partial charge is 0.273 e. The lowest BCUT2D eigenvalue weighted by atomic mass is 9.84. The average Bonchev–Trinajstić information content (AvgIpc) is 2.84. The molecule has 0 aliphatic rings. The van der Waals surface area contributed by atoms with Crippen molar-refractivity contribution in [1.29, 1.82) is 0 Å². The maximum atomic E-state index is 12.3. The minimum Gasteiger partial charge on any atom is -0.360 e. The highest BCUT2D eigenvalue weighted by atomic mass is 16.5. The van der Waals surface area contributed by atoms with Crippen molar-refractivity contribution >= 4 is 5.91 Å². The molecule has 1 unspecified atom stereocenters. The van der Waals surface area contributed by atoms with Gasteiger partial charge in [-0.05, 0) is 32.9 Å². The summed E-state index contributed by atoms with van der Waals surface area (Å²) in [6, 6.07) is 0.368. The summed E-state index contributed by atoms with van der Waals surface area (Å²) in [5.74, 6) is 0.619. The molecule has 5 heteroatoms. The molecule has 5 nitrogen and oxygen atoms in total. The van der Waals surface area contributed by atoms with Gasteiger partial charge in [-0.25, -0.2) is 0 Å². The Balaban J connectivity index is 2.69. The lowest BCUT2D eigenvalue weighted by Gasteiger charge is -2.37. The normalized spacial score (nSPS) is 13.5. The molecule has 0 saturated heterocycles. The van der Waals surface area contributed by atoms with Crippen molar-refractivity contribution in [3.8, 4) is 0 Å².